The Balaban J connectivity index is 2.71. The van der Waals surface area contributed by atoms with Gasteiger partial charge in [0, 0.05) is 10.7 Å². The van der Waals surface area contributed by atoms with Crippen molar-refractivity contribution in [1.82, 2.24) is 0 Å². The Hall–Kier alpha value is 0.180. The Morgan fingerprint density at radius 1 is 1.00 bits per heavy atom. The molecule has 1 aromatic carbocycles. The van der Waals surface area contributed by atoms with E-state index < -0.39 is 0 Å². The number of alkyl halides is 2. The molecule has 1 aromatic rings. The van der Waals surface area contributed by atoms with Crippen molar-refractivity contribution in [2.75, 3.05) is 10.7 Å². The number of hydrogen-bond donors (Lipinski definition) is 0. The molecule has 0 nitrogen and oxygen atoms in total. The summed E-state index contributed by atoms with van der Waals surface area (Å²) in [4.78, 5) is 0. The predicted molar refractivity (Wildman–Crippen MR) is 70.7 cm³/mol. The summed E-state index contributed by atoms with van der Waals surface area (Å²) >= 11 is 7.03. The Bertz CT molecular complexity index is 248. The van der Waals surface area contributed by atoms with E-state index in [9.17, 15) is 0 Å². The van der Waals surface area contributed by atoms with E-state index in [1.54, 1.807) is 0 Å². The van der Waals surface area contributed by atoms with Crippen LogP contribution in [0.5, 0.6) is 0 Å². The lowest BCUT2D eigenvalue weighted by Crippen LogP contribution is -2.00. The van der Waals surface area contributed by atoms with Crippen LogP contribution in [-0.4, -0.2) is 10.7 Å². The molecule has 0 spiro atoms. The second-order valence-electron chi connectivity index (χ2n) is 3.56. The van der Waals surface area contributed by atoms with Gasteiger partial charge in [-0.3, -0.25) is 0 Å². The third-order valence-corrected chi connectivity index (χ3v) is 3.38. The fourth-order valence-corrected chi connectivity index (χ4v) is 2.69. The van der Waals surface area contributed by atoms with E-state index in [4.69, 9.17) is 0 Å². The highest BCUT2D eigenvalue weighted by atomic mass is 79.9. The van der Waals surface area contributed by atoms with E-state index in [1.807, 2.05) is 0 Å². The number of halogens is 2. The van der Waals surface area contributed by atoms with Crippen LogP contribution in [0.15, 0.2) is 24.3 Å². The van der Waals surface area contributed by atoms with Gasteiger partial charge in [-0.2, -0.15) is 0 Å². The quantitative estimate of drug-likeness (QED) is 0.693. The van der Waals surface area contributed by atoms with Crippen molar-refractivity contribution in [1.29, 1.82) is 0 Å². The van der Waals surface area contributed by atoms with E-state index in [2.05, 4.69) is 63.0 Å². The molecule has 1 rings (SSSR count). The molecule has 0 fully saturated rings. The van der Waals surface area contributed by atoms with Crippen LogP contribution in [0, 0.1) is 6.92 Å². The summed E-state index contributed by atoms with van der Waals surface area (Å²) < 4.78 is 0. The van der Waals surface area contributed by atoms with Crippen LogP contribution in [0.2, 0.25) is 0 Å². The summed E-state index contributed by atoms with van der Waals surface area (Å²) in [6.45, 7) is 2.13. The molecule has 0 heterocycles. The van der Waals surface area contributed by atoms with Crippen LogP contribution in [0.4, 0.5) is 0 Å². The first kappa shape index (κ1) is 12.3. The molecular weight excluding hydrogens is 304 g/mol. The van der Waals surface area contributed by atoms with Gasteiger partial charge in [0.2, 0.25) is 0 Å². The third-order valence-electron chi connectivity index (χ3n) is 2.46. The average Bonchev–Trinajstić information content (AvgIpc) is 2.19. The zero-order valence-electron chi connectivity index (χ0n) is 8.47. The van der Waals surface area contributed by atoms with Gasteiger partial charge in [0.1, 0.15) is 0 Å². The number of benzene rings is 1. The Kier molecular flexibility index (Phi) is 5.80. The molecule has 14 heavy (non-hydrogen) atoms. The molecule has 0 aliphatic heterocycles. The molecule has 0 bridgehead atoms. The van der Waals surface area contributed by atoms with Crippen LogP contribution in [0.25, 0.3) is 0 Å². The molecule has 0 aliphatic rings. The van der Waals surface area contributed by atoms with Gasteiger partial charge >= 0.3 is 0 Å². The minimum atomic E-state index is 0.689. The molecule has 0 saturated heterocycles. The van der Waals surface area contributed by atoms with Crippen LogP contribution in [0.1, 0.15) is 29.9 Å². The number of rotatable bonds is 5. The van der Waals surface area contributed by atoms with Crippen molar-refractivity contribution >= 4 is 31.9 Å². The van der Waals surface area contributed by atoms with Gasteiger partial charge in [0.15, 0.2) is 0 Å². The first-order valence-corrected chi connectivity index (χ1v) is 7.20. The molecule has 0 saturated carbocycles. The third kappa shape index (κ3) is 3.74. The molecule has 0 aliphatic carbocycles. The zero-order chi connectivity index (χ0) is 10.4. The van der Waals surface area contributed by atoms with E-state index >= 15 is 0 Å². The lowest BCUT2D eigenvalue weighted by atomic mass is 9.93. The van der Waals surface area contributed by atoms with Crippen LogP contribution in [0.3, 0.4) is 0 Å². The van der Waals surface area contributed by atoms with Gasteiger partial charge in [-0.25, -0.2) is 0 Å². The fraction of sp³-hybridized carbons (Fsp3) is 0.500. The average molecular weight is 320 g/mol. The molecular formula is C12H16Br2. The van der Waals surface area contributed by atoms with Crippen molar-refractivity contribution in [2.24, 2.45) is 0 Å². The van der Waals surface area contributed by atoms with Crippen LogP contribution >= 0.6 is 31.9 Å². The molecule has 0 amide bonds. The maximum Gasteiger partial charge on any atom is 0.00371 e. The van der Waals surface area contributed by atoms with Gasteiger partial charge in [-0.05, 0) is 31.2 Å². The second-order valence-corrected chi connectivity index (χ2v) is 5.15. The first-order valence-electron chi connectivity index (χ1n) is 4.96. The van der Waals surface area contributed by atoms with Gasteiger partial charge < -0.3 is 0 Å². The molecule has 0 unspecified atom stereocenters. The highest BCUT2D eigenvalue weighted by Crippen LogP contribution is 2.25. The fourth-order valence-electron chi connectivity index (χ4n) is 1.58. The highest BCUT2D eigenvalue weighted by Gasteiger charge is 2.09. The molecule has 0 N–H and O–H groups in total. The number of aryl methyl sites for hydroxylation is 1. The SMILES string of the molecule is Cc1ccc(C(CCBr)CCBr)cc1. The molecule has 0 aromatic heterocycles. The second kappa shape index (κ2) is 6.62. The molecule has 0 atom stereocenters. The van der Waals surface area contributed by atoms with Gasteiger partial charge in [-0.15, -0.1) is 0 Å². The minimum absolute atomic E-state index is 0.689. The van der Waals surface area contributed by atoms with Crippen LogP contribution in [-0.2, 0) is 0 Å². The molecule has 2 heteroatoms. The van der Waals surface area contributed by atoms with E-state index in [-0.39, 0.29) is 0 Å². The lowest BCUT2D eigenvalue weighted by Gasteiger charge is -2.14. The van der Waals surface area contributed by atoms with E-state index in [0.29, 0.717) is 5.92 Å². The molecule has 78 valence electrons. The summed E-state index contributed by atoms with van der Waals surface area (Å²) in [6, 6.07) is 8.91. The maximum atomic E-state index is 3.52. The van der Waals surface area contributed by atoms with Gasteiger partial charge in [0.05, 0.1) is 0 Å². The van der Waals surface area contributed by atoms with E-state index in [1.165, 1.54) is 24.0 Å². The summed E-state index contributed by atoms with van der Waals surface area (Å²) in [7, 11) is 0. The normalized spacial score (nSPS) is 10.9. The Labute approximate surface area is 103 Å². The summed E-state index contributed by atoms with van der Waals surface area (Å²) in [5.41, 5.74) is 2.81. The summed E-state index contributed by atoms with van der Waals surface area (Å²) in [6.07, 6.45) is 2.43. The largest absolute Gasteiger partial charge is 0.0928 e. The Morgan fingerprint density at radius 2 is 1.50 bits per heavy atom. The topological polar surface area (TPSA) is 0 Å². The monoisotopic (exact) mass is 318 g/mol. The van der Waals surface area contributed by atoms with Crippen molar-refractivity contribution in [3.05, 3.63) is 35.4 Å². The van der Waals surface area contributed by atoms with Crippen molar-refractivity contribution in [3.8, 4) is 0 Å². The predicted octanol–water partition coefficient (Wildman–Crippen LogP) is 4.65. The maximum absolute atomic E-state index is 3.52. The van der Waals surface area contributed by atoms with Crippen molar-refractivity contribution < 1.29 is 0 Å². The smallest absolute Gasteiger partial charge is 0.00371 e. The standard InChI is InChI=1S/C12H16Br2/c1-10-2-4-11(5-3-10)12(6-8-13)7-9-14/h2-5,12H,6-9H2,1H3. The van der Waals surface area contributed by atoms with Gasteiger partial charge in [0.25, 0.3) is 0 Å². The lowest BCUT2D eigenvalue weighted by molar-refractivity contribution is 0.656. The van der Waals surface area contributed by atoms with Gasteiger partial charge in [-0.1, -0.05) is 61.7 Å². The Morgan fingerprint density at radius 3 is 1.93 bits per heavy atom. The summed E-state index contributed by atoms with van der Waals surface area (Å²) in [5, 5.41) is 2.16. The molecule has 0 radical (unpaired) electrons. The summed E-state index contributed by atoms with van der Waals surface area (Å²) in [5.74, 6) is 0.689. The first-order chi connectivity index (χ1) is 6.77. The zero-order valence-corrected chi connectivity index (χ0v) is 11.6. The van der Waals surface area contributed by atoms with Crippen molar-refractivity contribution in [2.45, 2.75) is 25.7 Å². The number of hydrogen-bond acceptors (Lipinski definition) is 0. The highest BCUT2D eigenvalue weighted by molar-refractivity contribution is 9.09. The minimum Gasteiger partial charge on any atom is -0.0928 e. The van der Waals surface area contributed by atoms with Crippen LogP contribution < -0.4 is 0 Å². The van der Waals surface area contributed by atoms with E-state index in [0.717, 1.165) is 10.7 Å². The van der Waals surface area contributed by atoms with Crippen molar-refractivity contribution in [3.63, 3.8) is 0 Å².